The molecule has 10 heteroatoms. The molecule has 3 aromatic rings. The first kappa shape index (κ1) is 19.9. The number of alkyl halides is 3. The molecule has 0 radical (unpaired) electrons. The Hall–Kier alpha value is -2.88. The lowest BCUT2D eigenvalue weighted by Gasteiger charge is -2.11. The van der Waals surface area contributed by atoms with Gasteiger partial charge in [0, 0.05) is 0 Å². The van der Waals surface area contributed by atoms with Crippen LogP contribution >= 0.6 is 11.3 Å². The van der Waals surface area contributed by atoms with E-state index in [2.05, 4.69) is 10.3 Å². The summed E-state index contributed by atoms with van der Waals surface area (Å²) < 4.78 is 45.7. The molecule has 1 N–H and O–H groups in total. The molecule has 0 unspecified atom stereocenters. The van der Waals surface area contributed by atoms with Crippen LogP contribution in [0.25, 0.3) is 11.0 Å². The number of rotatable bonds is 5. The molecule has 0 aliphatic carbocycles. The number of nitrogens with one attached hydrogen (secondary N) is 1. The Morgan fingerprint density at radius 1 is 1.29 bits per heavy atom. The van der Waals surface area contributed by atoms with Crippen molar-refractivity contribution in [2.75, 3.05) is 11.9 Å². The van der Waals surface area contributed by atoms with E-state index in [0.717, 1.165) is 15.9 Å². The SMILES string of the molecule is CCOC(=O)c1sc(NC(=O)Cn2c(C(F)(F)F)nc3ccccc32)cc1C. The van der Waals surface area contributed by atoms with E-state index in [1.807, 2.05) is 0 Å². The minimum Gasteiger partial charge on any atom is -0.462 e. The van der Waals surface area contributed by atoms with Crippen LogP contribution in [0.3, 0.4) is 0 Å². The lowest BCUT2D eigenvalue weighted by Crippen LogP contribution is -2.23. The Morgan fingerprint density at radius 3 is 2.68 bits per heavy atom. The van der Waals surface area contributed by atoms with E-state index in [-0.39, 0.29) is 17.6 Å². The van der Waals surface area contributed by atoms with Gasteiger partial charge in [-0.3, -0.25) is 4.79 Å². The number of hydrogen-bond acceptors (Lipinski definition) is 5. The summed E-state index contributed by atoms with van der Waals surface area (Å²) in [4.78, 5) is 28.2. The highest BCUT2D eigenvalue weighted by molar-refractivity contribution is 7.18. The van der Waals surface area contributed by atoms with Crippen LogP contribution in [0.2, 0.25) is 0 Å². The number of aryl methyl sites for hydroxylation is 1. The number of imidazole rings is 1. The molecule has 0 atom stereocenters. The van der Waals surface area contributed by atoms with Gasteiger partial charge in [0.2, 0.25) is 11.7 Å². The zero-order valence-corrected chi connectivity index (χ0v) is 15.8. The summed E-state index contributed by atoms with van der Waals surface area (Å²) in [7, 11) is 0. The predicted octanol–water partition coefficient (Wildman–Crippen LogP) is 4.24. The van der Waals surface area contributed by atoms with Crippen LogP contribution in [-0.4, -0.2) is 28.0 Å². The van der Waals surface area contributed by atoms with Gasteiger partial charge < -0.3 is 14.6 Å². The Kier molecular flexibility index (Phi) is 5.41. The lowest BCUT2D eigenvalue weighted by atomic mass is 10.3. The summed E-state index contributed by atoms with van der Waals surface area (Å²) in [6.07, 6.45) is -4.70. The number of anilines is 1. The number of fused-ring (bicyclic) bond motifs is 1. The first-order chi connectivity index (χ1) is 13.2. The van der Waals surface area contributed by atoms with Crippen molar-refractivity contribution in [1.29, 1.82) is 0 Å². The van der Waals surface area contributed by atoms with Crippen molar-refractivity contribution in [3.8, 4) is 0 Å². The Labute approximate surface area is 161 Å². The molecule has 0 aliphatic heterocycles. The molecule has 28 heavy (non-hydrogen) atoms. The number of thiophene rings is 1. The van der Waals surface area contributed by atoms with Crippen molar-refractivity contribution in [2.24, 2.45) is 0 Å². The summed E-state index contributed by atoms with van der Waals surface area (Å²) in [5, 5.41) is 2.89. The third-order valence-corrected chi connectivity index (χ3v) is 4.98. The van der Waals surface area contributed by atoms with E-state index < -0.39 is 30.4 Å². The highest BCUT2D eigenvalue weighted by Gasteiger charge is 2.38. The topological polar surface area (TPSA) is 73.2 Å². The van der Waals surface area contributed by atoms with E-state index in [4.69, 9.17) is 4.74 Å². The fourth-order valence-corrected chi connectivity index (χ4v) is 3.70. The van der Waals surface area contributed by atoms with Gasteiger partial charge in [-0.25, -0.2) is 9.78 Å². The minimum atomic E-state index is -4.70. The normalized spacial score (nSPS) is 11.6. The number of ether oxygens (including phenoxy) is 1. The van der Waals surface area contributed by atoms with E-state index in [1.54, 1.807) is 32.0 Å². The van der Waals surface area contributed by atoms with Gasteiger partial charge in [0.15, 0.2) is 0 Å². The number of halogens is 3. The first-order valence-electron chi connectivity index (χ1n) is 8.30. The van der Waals surface area contributed by atoms with E-state index in [9.17, 15) is 22.8 Å². The molecule has 148 valence electrons. The first-order valence-corrected chi connectivity index (χ1v) is 9.12. The zero-order chi connectivity index (χ0) is 20.5. The second kappa shape index (κ2) is 7.63. The molecular formula is C18H16F3N3O3S. The van der Waals surface area contributed by atoms with Crippen molar-refractivity contribution in [3.63, 3.8) is 0 Å². The molecule has 0 spiro atoms. The molecule has 0 aliphatic rings. The van der Waals surface area contributed by atoms with Gasteiger partial charge in [-0.15, -0.1) is 11.3 Å². The van der Waals surface area contributed by atoms with Gasteiger partial charge in [0.05, 0.1) is 22.6 Å². The number of esters is 1. The number of para-hydroxylation sites is 2. The van der Waals surface area contributed by atoms with Crippen LogP contribution in [0, 0.1) is 6.92 Å². The second-order valence-corrected chi connectivity index (χ2v) is 6.95. The van der Waals surface area contributed by atoms with Crippen molar-refractivity contribution in [1.82, 2.24) is 9.55 Å². The fourth-order valence-electron chi connectivity index (χ4n) is 2.72. The molecule has 0 saturated heterocycles. The number of nitrogens with zero attached hydrogens (tertiary/aromatic N) is 2. The van der Waals surface area contributed by atoms with Crippen LogP contribution in [0.5, 0.6) is 0 Å². The van der Waals surface area contributed by atoms with Gasteiger partial charge in [0.25, 0.3) is 0 Å². The van der Waals surface area contributed by atoms with Gasteiger partial charge in [0.1, 0.15) is 11.4 Å². The fraction of sp³-hybridized carbons (Fsp3) is 0.278. The summed E-state index contributed by atoms with van der Waals surface area (Å²) >= 11 is 1.01. The van der Waals surface area contributed by atoms with Gasteiger partial charge in [-0.1, -0.05) is 12.1 Å². The molecule has 1 amide bonds. The average molecular weight is 411 g/mol. The zero-order valence-electron chi connectivity index (χ0n) is 15.0. The maximum Gasteiger partial charge on any atom is 0.449 e. The summed E-state index contributed by atoms with van der Waals surface area (Å²) in [6.45, 7) is 3.01. The van der Waals surface area contributed by atoms with Crippen molar-refractivity contribution in [3.05, 3.63) is 46.6 Å². The van der Waals surface area contributed by atoms with E-state index in [0.29, 0.717) is 15.4 Å². The number of carbonyl (C=O) groups excluding carboxylic acids is 2. The average Bonchev–Trinajstić information content (AvgIpc) is 3.16. The molecule has 0 saturated carbocycles. The summed E-state index contributed by atoms with van der Waals surface area (Å²) in [6, 6.07) is 7.65. The molecular weight excluding hydrogens is 395 g/mol. The largest absolute Gasteiger partial charge is 0.462 e. The van der Waals surface area contributed by atoms with Gasteiger partial charge >= 0.3 is 12.1 Å². The Balaban J connectivity index is 1.84. The van der Waals surface area contributed by atoms with Crippen LogP contribution in [0.1, 0.15) is 28.0 Å². The standard InChI is InChI=1S/C18H16F3N3O3S/c1-3-27-16(26)15-10(2)8-14(28-15)23-13(25)9-24-12-7-5-4-6-11(12)22-17(24)18(19,20)21/h4-8H,3,9H2,1-2H3,(H,23,25). The number of aromatic nitrogens is 2. The van der Waals surface area contributed by atoms with Gasteiger partial charge in [-0.2, -0.15) is 13.2 Å². The molecule has 6 nitrogen and oxygen atoms in total. The molecule has 2 aromatic heterocycles. The van der Waals surface area contributed by atoms with Crippen molar-refractivity contribution >= 4 is 39.2 Å². The number of carbonyl (C=O) groups is 2. The van der Waals surface area contributed by atoms with E-state index in [1.165, 1.54) is 12.1 Å². The van der Waals surface area contributed by atoms with Crippen LogP contribution in [0.4, 0.5) is 18.2 Å². The second-order valence-electron chi connectivity index (χ2n) is 5.90. The minimum absolute atomic E-state index is 0.152. The summed E-state index contributed by atoms with van der Waals surface area (Å²) in [5.41, 5.74) is 0.974. The maximum atomic E-state index is 13.3. The van der Waals surface area contributed by atoms with Gasteiger partial charge in [-0.05, 0) is 37.6 Å². The maximum absolute atomic E-state index is 13.3. The highest BCUT2D eigenvalue weighted by Crippen LogP contribution is 2.32. The molecule has 0 bridgehead atoms. The van der Waals surface area contributed by atoms with Crippen molar-refractivity contribution in [2.45, 2.75) is 26.6 Å². The third-order valence-electron chi connectivity index (χ3n) is 3.85. The Morgan fingerprint density at radius 2 is 2.00 bits per heavy atom. The van der Waals surface area contributed by atoms with E-state index >= 15 is 0 Å². The highest BCUT2D eigenvalue weighted by atomic mass is 32.1. The predicted molar refractivity (Wildman–Crippen MR) is 98.4 cm³/mol. The molecule has 1 aromatic carbocycles. The number of benzene rings is 1. The molecule has 2 heterocycles. The van der Waals surface area contributed by atoms with Crippen molar-refractivity contribution < 1.29 is 27.5 Å². The van der Waals surface area contributed by atoms with Crippen LogP contribution < -0.4 is 5.32 Å². The monoisotopic (exact) mass is 411 g/mol. The summed E-state index contributed by atoms with van der Waals surface area (Å²) in [5.74, 6) is -2.31. The Bertz CT molecular complexity index is 1040. The number of amides is 1. The lowest BCUT2D eigenvalue weighted by molar-refractivity contribution is -0.147. The third kappa shape index (κ3) is 4.01. The number of hydrogen-bond donors (Lipinski definition) is 1. The molecule has 0 fully saturated rings. The van der Waals surface area contributed by atoms with Crippen LogP contribution in [0.15, 0.2) is 30.3 Å². The quantitative estimate of drug-likeness (QED) is 0.638. The molecule has 3 rings (SSSR count). The smallest absolute Gasteiger partial charge is 0.449 e. The van der Waals surface area contributed by atoms with Crippen LogP contribution in [-0.2, 0) is 22.3 Å².